The Labute approximate surface area is 218 Å². The fraction of sp³-hybridized carbons (Fsp3) is 0.400. The first-order chi connectivity index (χ1) is 17.4. The van der Waals surface area contributed by atoms with Crippen LogP contribution in [0.1, 0.15) is 58.1 Å². The molecule has 1 atom stereocenters. The number of amides is 1. The number of anilines is 1. The Bertz CT molecular complexity index is 1230. The van der Waals surface area contributed by atoms with Gasteiger partial charge in [-0.1, -0.05) is 37.3 Å². The number of hydrogen-bond donors (Lipinski definition) is 0. The standard InChI is InChI=1S/C30H35N3O2S/c1-5-15-33-26-14-13-22(17-25(26)21(2)19-30(33,3)4)18-27-28(34)32(20-24-12-9-16-35-24)29(36-27)31-23-10-7-6-8-11-23/h6-8,10-11,13-14,17-19,24H,5,9,12,15-16,20H2,1-4H3/b27-18+,31-29?. The van der Waals surface area contributed by atoms with Gasteiger partial charge in [-0.05, 0) is 93.3 Å². The van der Waals surface area contributed by atoms with E-state index < -0.39 is 0 Å². The molecule has 6 heteroatoms. The van der Waals surface area contributed by atoms with Crippen molar-refractivity contribution < 1.29 is 9.53 Å². The van der Waals surface area contributed by atoms with Crippen LogP contribution in [0.2, 0.25) is 0 Å². The van der Waals surface area contributed by atoms with Crippen molar-refractivity contribution in [3.05, 3.63) is 70.6 Å². The summed E-state index contributed by atoms with van der Waals surface area (Å²) >= 11 is 1.45. The van der Waals surface area contributed by atoms with Crippen molar-refractivity contribution >= 4 is 45.9 Å². The molecule has 0 aromatic heterocycles. The summed E-state index contributed by atoms with van der Waals surface area (Å²) in [6, 6.07) is 16.4. The van der Waals surface area contributed by atoms with Gasteiger partial charge in [0.2, 0.25) is 0 Å². The average molecular weight is 502 g/mol. The number of para-hydroxylation sites is 1. The van der Waals surface area contributed by atoms with Crippen LogP contribution >= 0.6 is 11.8 Å². The molecule has 1 unspecified atom stereocenters. The molecule has 3 aliphatic rings. The molecule has 0 spiro atoms. The van der Waals surface area contributed by atoms with Gasteiger partial charge in [0.05, 0.1) is 28.8 Å². The Balaban J connectivity index is 1.48. The molecule has 0 aliphatic carbocycles. The number of thioether (sulfide) groups is 1. The predicted molar refractivity (Wildman–Crippen MR) is 152 cm³/mol. The van der Waals surface area contributed by atoms with Crippen molar-refractivity contribution in [2.75, 3.05) is 24.6 Å². The van der Waals surface area contributed by atoms with Crippen LogP contribution in [0, 0.1) is 0 Å². The van der Waals surface area contributed by atoms with Crippen LogP contribution < -0.4 is 4.90 Å². The Kier molecular flexibility index (Phi) is 7.09. The molecular formula is C30H35N3O2S. The molecule has 188 valence electrons. The lowest BCUT2D eigenvalue weighted by atomic mass is 9.88. The minimum Gasteiger partial charge on any atom is -0.376 e. The van der Waals surface area contributed by atoms with Crippen LogP contribution in [0.4, 0.5) is 11.4 Å². The number of carbonyl (C=O) groups excluding carboxylic acids is 1. The van der Waals surface area contributed by atoms with Crippen LogP contribution in [0.3, 0.4) is 0 Å². The van der Waals surface area contributed by atoms with Gasteiger partial charge in [0.15, 0.2) is 5.17 Å². The van der Waals surface area contributed by atoms with Gasteiger partial charge in [-0.25, -0.2) is 4.99 Å². The first-order valence-corrected chi connectivity index (χ1v) is 13.8. The lowest BCUT2D eigenvalue weighted by Crippen LogP contribution is -2.45. The number of aliphatic imine (C=N–C) groups is 1. The molecular weight excluding hydrogens is 466 g/mol. The normalized spacial score (nSPS) is 23.5. The minimum absolute atomic E-state index is 0.00362. The average Bonchev–Trinajstić information content (AvgIpc) is 3.47. The topological polar surface area (TPSA) is 45.1 Å². The van der Waals surface area contributed by atoms with Crippen LogP contribution in [-0.4, -0.2) is 47.3 Å². The summed E-state index contributed by atoms with van der Waals surface area (Å²) in [5, 5.41) is 0.720. The molecule has 0 radical (unpaired) electrons. The van der Waals surface area contributed by atoms with E-state index in [1.807, 2.05) is 36.4 Å². The lowest BCUT2D eigenvalue weighted by molar-refractivity contribution is -0.123. The predicted octanol–water partition coefficient (Wildman–Crippen LogP) is 6.88. The second-order valence-corrected chi connectivity index (χ2v) is 11.3. The first-order valence-electron chi connectivity index (χ1n) is 12.9. The molecule has 0 bridgehead atoms. The van der Waals surface area contributed by atoms with E-state index >= 15 is 0 Å². The number of carbonyl (C=O) groups is 1. The Morgan fingerprint density at radius 2 is 2.00 bits per heavy atom. The number of rotatable bonds is 6. The maximum absolute atomic E-state index is 13.6. The van der Waals surface area contributed by atoms with E-state index in [1.165, 1.54) is 28.6 Å². The van der Waals surface area contributed by atoms with Gasteiger partial charge in [-0.3, -0.25) is 9.69 Å². The van der Waals surface area contributed by atoms with E-state index in [0.29, 0.717) is 11.4 Å². The van der Waals surface area contributed by atoms with Crippen molar-refractivity contribution in [1.29, 1.82) is 0 Å². The Morgan fingerprint density at radius 3 is 2.72 bits per heavy atom. The molecule has 0 saturated carbocycles. The summed E-state index contributed by atoms with van der Waals surface area (Å²) in [6.07, 6.45) is 7.55. The second kappa shape index (κ2) is 10.3. The highest BCUT2D eigenvalue weighted by Gasteiger charge is 2.36. The highest BCUT2D eigenvalue weighted by atomic mass is 32.2. The quantitative estimate of drug-likeness (QED) is 0.405. The fourth-order valence-corrected chi connectivity index (χ4v) is 6.34. The van der Waals surface area contributed by atoms with E-state index in [4.69, 9.17) is 9.73 Å². The first kappa shape index (κ1) is 24.8. The fourth-order valence-electron chi connectivity index (χ4n) is 5.33. The number of benzene rings is 2. The number of allylic oxidation sites excluding steroid dienone is 1. The smallest absolute Gasteiger partial charge is 0.266 e. The zero-order valence-corrected chi connectivity index (χ0v) is 22.5. The number of amidine groups is 1. The molecule has 3 heterocycles. The Hall–Kier alpha value is -2.83. The molecule has 36 heavy (non-hydrogen) atoms. The van der Waals surface area contributed by atoms with Gasteiger partial charge < -0.3 is 9.64 Å². The summed E-state index contributed by atoms with van der Waals surface area (Å²) in [5.41, 5.74) is 5.64. The van der Waals surface area contributed by atoms with Crippen LogP contribution in [0.5, 0.6) is 0 Å². The maximum Gasteiger partial charge on any atom is 0.266 e. The van der Waals surface area contributed by atoms with Gasteiger partial charge in [0.25, 0.3) is 5.91 Å². The van der Waals surface area contributed by atoms with Crippen LogP contribution in [-0.2, 0) is 9.53 Å². The lowest BCUT2D eigenvalue weighted by Gasteiger charge is -2.43. The van der Waals surface area contributed by atoms with Crippen molar-refractivity contribution in [3.8, 4) is 0 Å². The highest BCUT2D eigenvalue weighted by molar-refractivity contribution is 8.18. The SMILES string of the molecule is CCCN1c2ccc(/C=C3/SC(=Nc4ccccc4)N(CC4CCCO4)C3=O)cc2C(C)=CC1(C)C. The van der Waals surface area contributed by atoms with E-state index in [9.17, 15) is 4.79 Å². The van der Waals surface area contributed by atoms with Gasteiger partial charge in [-0.15, -0.1) is 0 Å². The van der Waals surface area contributed by atoms with Crippen molar-refractivity contribution in [2.24, 2.45) is 4.99 Å². The molecule has 5 nitrogen and oxygen atoms in total. The minimum atomic E-state index is -0.0179. The van der Waals surface area contributed by atoms with Gasteiger partial charge in [0, 0.05) is 24.4 Å². The molecule has 2 saturated heterocycles. The Morgan fingerprint density at radius 1 is 1.19 bits per heavy atom. The summed E-state index contributed by atoms with van der Waals surface area (Å²) in [7, 11) is 0. The zero-order chi connectivity index (χ0) is 25.3. The van der Waals surface area contributed by atoms with E-state index in [2.05, 4.69) is 56.9 Å². The monoisotopic (exact) mass is 501 g/mol. The van der Waals surface area contributed by atoms with Crippen LogP contribution in [0.15, 0.2) is 64.5 Å². The largest absolute Gasteiger partial charge is 0.376 e. The summed E-state index contributed by atoms with van der Waals surface area (Å²) in [4.78, 5) is 23.4. The van der Waals surface area contributed by atoms with Crippen molar-refractivity contribution in [2.45, 2.75) is 58.6 Å². The highest BCUT2D eigenvalue weighted by Crippen LogP contribution is 2.41. The third kappa shape index (κ3) is 5.02. The summed E-state index contributed by atoms with van der Waals surface area (Å²) < 4.78 is 5.85. The van der Waals surface area contributed by atoms with Gasteiger partial charge in [-0.2, -0.15) is 0 Å². The number of fused-ring (bicyclic) bond motifs is 1. The molecule has 2 fully saturated rings. The summed E-state index contributed by atoms with van der Waals surface area (Å²) in [5.74, 6) is 0.00362. The number of nitrogens with zero attached hydrogens (tertiary/aromatic N) is 3. The third-order valence-electron chi connectivity index (χ3n) is 7.03. The number of ether oxygens (including phenoxy) is 1. The molecule has 0 N–H and O–H groups in total. The van der Waals surface area contributed by atoms with Crippen LogP contribution in [0.25, 0.3) is 11.6 Å². The van der Waals surface area contributed by atoms with Gasteiger partial charge >= 0.3 is 0 Å². The van der Waals surface area contributed by atoms with Gasteiger partial charge in [0.1, 0.15) is 0 Å². The third-order valence-corrected chi connectivity index (χ3v) is 8.03. The van der Waals surface area contributed by atoms with E-state index in [1.54, 1.807) is 4.90 Å². The molecule has 3 aliphatic heterocycles. The molecule has 2 aromatic rings. The molecule has 5 rings (SSSR count). The van der Waals surface area contributed by atoms with Crippen molar-refractivity contribution in [3.63, 3.8) is 0 Å². The van der Waals surface area contributed by atoms with Crippen molar-refractivity contribution in [1.82, 2.24) is 4.90 Å². The summed E-state index contributed by atoms with van der Waals surface area (Å²) in [6.45, 7) is 11.3. The maximum atomic E-state index is 13.6. The zero-order valence-electron chi connectivity index (χ0n) is 21.7. The number of hydrogen-bond acceptors (Lipinski definition) is 5. The van der Waals surface area contributed by atoms with E-state index in [0.717, 1.165) is 48.8 Å². The van der Waals surface area contributed by atoms with E-state index in [-0.39, 0.29) is 17.6 Å². The molecule has 2 aromatic carbocycles. The molecule has 1 amide bonds. The second-order valence-electron chi connectivity index (χ2n) is 10.3.